The molecule has 17 nitrogen and oxygen atoms in total. The summed E-state index contributed by atoms with van der Waals surface area (Å²) >= 11 is 2.54. The van der Waals surface area contributed by atoms with Crippen LogP contribution in [0.1, 0.15) is 39.9 Å². The van der Waals surface area contributed by atoms with Gasteiger partial charge in [0.2, 0.25) is 15.9 Å². The zero-order valence-electron chi connectivity index (χ0n) is 39.7. The Morgan fingerprint density at radius 3 is 2.08 bits per heavy atom. The molecule has 21 heteroatoms. The van der Waals surface area contributed by atoms with E-state index < -0.39 is 37.9 Å². The van der Waals surface area contributed by atoms with Crippen LogP contribution < -0.4 is 29.6 Å². The molecule has 8 aromatic rings. The van der Waals surface area contributed by atoms with E-state index in [-0.39, 0.29) is 47.3 Å². The summed E-state index contributed by atoms with van der Waals surface area (Å²) in [5.41, 5.74) is 4.54. The van der Waals surface area contributed by atoms with Crippen molar-refractivity contribution in [2.45, 2.75) is 38.5 Å². The van der Waals surface area contributed by atoms with Crippen molar-refractivity contribution >= 4 is 121 Å². The first-order chi connectivity index (χ1) is 34.7. The number of amides is 2. The summed E-state index contributed by atoms with van der Waals surface area (Å²) in [4.78, 5) is 51.4. The largest absolute Gasteiger partial charge is 0.492 e. The molecule has 0 saturated carbocycles. The van der Waals surface area contributed by atoms with E-state index in [1.54, 1.807) is 67.6 Å². The number of thioether (sulfide) groups is 1. The van der Waals surface area contributed by atoms with Gasteiger partial charge in [0.05, 0.1) is 57.1 Å². The lowest BCUT2D eigenvalue weighted by molar-refractivity contribution is -0.138. The van der Waals surface area contributed by atoms with Gasteiger partial charge in [0.15, 0.2) is 5.13 Å². The number of carbonyl (C=O) groups is 4. The topological polar surface area (TPSA) is 256 Å². The fourth-order valence-corrected chi connectivity index (χ4v) is 10.7. The van der Waals surface area contributed by atoms with Gasteiger partial charge in [-0.05, 0) is 98.1 Å². The second kappa shape index (κ2) is 23.2. The Kier molecular flexibility index (Phi) is 16.9. The molecule has 0 unspecified atom stereocenters. The Bertz CT molecular complexity index is 3610. The molecule has 378 valence electrons. The summed E-state index contributed by atoms with van der Waals surface area (Å²) in [6.45, 7) is 5.84. The highest BCUT2D eigenvalue weighted by atomic mass is 32.2. The number of fused-ring (bicyclic) bond motifs is 3. The Labute approximate surface area is 429 Å². The molecule has 0 saturated heterocycles. The molecule has 7 aromatic carbocycles. The van der Waals surface area contributed by atoms with Crippen LogP contribution in [-0.2, 0) is 34.4 Å². The second-order valence-electron chi connectivity index (χ2n) is 16.5. The first-order valence-corrected chi connectivity index (χ1v) is 27.6. The number of carboxylic acids is 2. The normalized spacial score (nSPS) is 11.3. The number of anilines is 4. The van der Waals surface area contributed by atoms with Gasteiger partial charge in [0, 0.05) is 39.4 Å². The molecule has 6 N–H and O–H groups in total. The molecule has 8 rings (SSSR count). The summed E-state index contributed by atoms with van der Waals surface area (Å²) in [5, 5.41) is 25.9. The van der Waals surface area contributed by atoms with E-state index in [0.29, 0.717) is 61.2 Å². The first kappa shape index (κ1) is 53.1. The lowest BCUT2D eigenvalue weighted by Crippen LogP contribution is -2.18. The minimum absolute atomic E-state index is 0.0459. The van der Waals surface area contributed by atoms with Gasteiger partial charge < -0.3 is 25.0 Å². The van der Waals surface area contributed by atoms with E-state index in [4.69, 9.17) is 19.7 Å². The van der Waals surface area contributed by atoms with Crippen LogP contribution >= 0.6 is 23.1 Å². The summed E-state index contributed by atoms with van der Waals surface area (Å²) < 4.78 is 68.7. The van der Waals surface area contributed by atoms with Crippen LogP contribution in [0.3, 0.4) is 0 Å². The third kappa shape index (κ3) is 14.0. The maximum atomic E-state index is 13.5. The van der Waals surface area contributed by atoms with Gasteiger partial charge >= 0.3 is 11.9 Å². The molecule has 1 aromatic heterocycles. The Morgan fingerprint density at radius 2 is 1.38 bits per heavy atom. The molecule has 0 fully saturated rings. The number of nitrogens with zero attached hydrogens (tertiary/aromatic N) is 1. The molecular weight excluding hydrogens is 1010 g/mol. The molecule has 0 bridgehead atoms. The van der Waals surface area contributed by atoms with Crippen molar-refractivity contribution in [2.24, 2.45) is 0 Å². The first-order valence-electron chi connectivity index (χ1n) is 22.3. The monoisotopic (exact) mass is 1060 g/mol. The highest BCUT2D eigenvalue weighted by molar-refractivity contribution is 7.99. The Morgan fingerprint density at radius 1 is 0.685 bits per heavy atom. The van der Waals surface area contributed by atoms with Gasteiger partial charge in [-0.2, -0.15) is 0 Å². The Balaban J connectivity index is 0.000000214. The van der Waals surface area contributed by atoms with Crippen LogP contribution in [0.5, 0.6) is 17.2 Å². The number of benzene rings is 7. The molecule has 0 spiro atoms. The lowest BCUT2D eigenvalue weighted by atomic mass is 9.99. The maximum Gasteiger partial charge on any atom is 0.313 e. The number of thiazole rings is 1. The summed E-state index contributed by atoms with van der Waals surface area (Å²) in [6, 6.07) is 36.6. The molecule has 0 aliphatic carbocycles. The number of nitrogens with one attached hydrogen (secondary N) is 4. The standard InChI is InChI=1S/C27H24N2O6S.C25H25N3O6S3/c1-18-17-24(35-20-13-11-19(12-14-20)28-25(30)15-16-26(31)32)22-9-5-6-10-23(22)27(18)29-36(33,34)21-7-3-2-4-8-21;1-14-7-8-18-20(11-14)36-25(26-18)27-24(31)17-12-19(34-9-10-35-13-21(29)30)22-15(2)5-4-6-16(22)23(17)28-37(3,32)33/h2-14,17,29H,15-16H2,1H3,(H,28,30)(H,31,32);4-8,11-12,28H,9-10,13H2,1-3H3,(H,29,30)(H,26,27,31). The van der Waals surface area contributed by atoms with Gasteiger partial charge in [0.1, 0.15) is 17.2 Å². The predicted molar refractivity (Wildman–Crippen MR) is 288 cm³/mol. The number of sulfonamides is 2. The molecule has 2 amide bonds. The minimum atomic E-state index is -3.78. The van der Waals surface area contributed by atoms with Crippen molar-refractivity contribution in [3.63, 3.8) is 0 Å². The van der Waals surface area contributed by atoms with E-state index in [1.807, 2.05) is 62.4 Å². The summed E-state index contributed by atoms with van der Waals surface area (Å²) in [7, 11) is -7.50. The minimum Gasteiger partial charge on any atom is -0.492 e. The van der Waals surface area contributed by atoms with Gasteiger partial charge in [-0.25, -0.2) is 21.8 Å². The Hall–Kier alpha value is -7.72. The van der Waals surface area contributed by atoms with Crippen molar-refractivity contribution in [3.05, 3.63) is 150 Å². The number of aromatic nitrogens is 1. The summed E-state index contributed by atoms with van der Waals surface area (Å²) in [5.74, 6) is -1.04. The smallest absolute Gasteiger partial charge is 0.313 e. The quantitative estimate of drug-likeness (QED) is 0.0412. The number of carbonyl (C=O) groups excluding carboxylic acids is 2. The fourth-order valence-electron chi connectivity index (χ4n) is 7.50. The number of aliphatic carboxylic acids is 2. The van der Waals surface area contributed by atoms with Crippen LogP contribution in [0.2, 0.25) is 0 Å². The van der Waals surface area contributed by atoms with E-state index in [1.165, 1.54) is 41.3 Å². The maximum absolute atomic E-state index is 13.5. The van der Waals surface area contributed by atoms with Crippen molar-refractivity contribution in [3.8, 4) is 17.2 Å². The highest BCUT2D eigenvalue weighted by Crippen LogP contribution is 2.40. The third-order valence-corrected chi connectivity index (χ3v) is 14.5. The number of ether oxygens (including phenoxy) is 2. The van der Waals surface area contributed by atoms with Gasteiger partial charge in [0.25, 0.3) is 15.9 Å². The summed E-state index contributed by atoms with van der Waals surface area (Å²) in [6.07, 6.45) is 0.673. The fraction of sp³-hybridized carbons (Fsp3) is 0.173. The van der Waals surface area contributed by atoms with Crippen LogP contribution in [-0.4, -0.2) is 80.2 Å². The molecule has 0 radical (unpaired) electrons. The van der Waals surface area contributed by atoms with E-state index in [9.17, 15) is 36.0 Å². The predicted octanol–water partition coefficient (Wildman–Crippen LogP) is 10.4. The SMILES string of the molecule is Cc1cc(Oc2ccc(NC(=O)CCC(=O)O)cc2)c2ccccc2c1NS(=O)(=O)c1ccccc1.Cc1ccc2nc(NC(=O)c3cc(OCCSCC(=O)O)c4c(C)cccc4c3NS(C)(=O)=O)sc2c1. The molecule has 0 atom stereocenters. The zero-order chi connectivity index (χ0) is 52.5. The van der Waals surface area contributed by atoms with Crippen molar-refractivity contribution in [1.82, 2.24) is 4.98 Å². The van der Waals surface area contributed by atoms with Crippen LogP contribution in [0.4, 0.5) is 22.2 Å². The average molecular weight is 1060 g/mol. The number of carboxylic acid groups (broad SMARTS) is 2. The van der Waals surface area contributed by atoms with Crippen LogP contribution in [0, 0.1) is 20.8 Å². The van der Waals surface area contributed by atoms with E-state index in [0.717, 1.165) is 33.0 Å². The number of aryl methyl sites for hydroxylation is 3. The zero-order valence-corrected chi connectivity index (χ0v) is 43.0. The molecule has 73 heavy (non-hydrogen) atoms. The molecule has 0 aliphatic heterocycles. The van der Waals surface area contributed by atoms with Crippen LogP contribution in [0.15, 0.2) is 132 Å². The van der Waals surface area contributed by atoms with Gasteiger partial charge in [-0.1, -0.05) is 78.1 Å². The average Bonchev–Trinajstić information content (AvgIpc) is 3.74. The van der Waals surface area contributed by atoms with Crippen molar-refractivity contribution in [1.29, 1.82) is 0 Å². The highest BCUT2D eigenvalue weighted by Gasteiger charge is 2.24. The van der Waals surface area contributed by atoms with E-state index >= 15 is 0 Å². The lowest BCUT2D eigenvalue weighted by Gasteiger charge is -2.18. The molecule has 0 aliphatic rings. The van der Waals surface area contributed by atoms with E-state index in [2.05, 4.69) is 25.1 Å². The van der Waals surface area contributed by atoms with Crippen molar-refractivity contribution in [2.75, 3.05) is 44.4 Å². The molecular formula is C52H49N5O12S4. The second-order valence-corrected chi connectivity index (χ2v) is 22.1. The number of rotatable bonds is 19. The van der Waals surface area contributed by atoms with Gasteiger partial charge in [-0.15, -0.1) is 11.8 Å². The molecule has 1 heterocycles. The van der Waals surface area contributed by atoms with Crippen LogP contribution in [0.25, 0.3) is 31.8 Å². The van der Waals surface area contributed by atoms with Gasteiger partial charge in [-0.3, -0.25) is 33.9 Å². The third-order valence-electron chi connectivity index (χ3n) is 10.8. The number of hydrogen-bond acceptors (Lipinski definition) is 13. The number of hydrogen-bond donors (Lipinski definition) is 6. The van der Waals surface area contributed by atoms with Crippen molar-refractivity contribution < 1.29 is 55.7 Å².